The van der Waals surface area contributed by atoms with Crippen LogP contribution >= 0.6 is 0 Å². The number of Topliss-reactive ketones (excluding diaryl/α,β-unsaturated/α-hetero) is 1. The number of benzene rings is 2. The number of amides is 1. The van der Waals surface area contributed by atoms with E-state index in [-0.39, 0.29) is 83.8 Å². The topological polar surface area (TPSA) is 293 Å². The van der Waals surface area contributed by atoms with Crippen LogP contribution < -0.4 is 30.0 Å². The molecule has 2 bridgehead atoms. The van der Waals surface area contributed by atoms with Crippen molar-refractivity contribution in [3.63, 3.8) is 0 Å². The summed E-state index contributed by atoms with van der Waals surface area (Å²) in [5, 5.41) is 77.3. The van der Waals surface area contributed by atoms with E-state index in [0.717, 1.165) is 11.1 Å². The van der Waals surface area contributed by atoms with Crippen LogP contribution in [-0.2, 0) is 20.7 Å². The van der Waals surface area contributed by atoms with Gasteiger partial charge in [0.05, 0.1) is 41.7 Å². The van der Waals surface area contributed by atoms with Gasteiger partial charge in [0, 0.05) is 47.4 Å². The summed E-state index contributed by atoms with van der Waals surface area (Å²) in [4.78, 5) is 48.2. The molecule has 9 N–H and O–H groups in total. The maximum atomic E-state index is 15.3. The minimum atomic E-state index is -2.35. The Morgan fingerprint density at radius 2 is 1.70 bits per heavy atom. The molecule has 1 amide bonds. The molecule has 4 aliphatic heterocycles. The zero-order chi connectivity index (χ0) is 53.8. The van der Waals surface area contributed by atoms with Crippen LogP contribution in [0.1, 0.15) is 108 Å². The van der Waals surface area contributed by atoms with Crippen LogP contribution in [0, 0.1) is 40.9 Å². The van der Waals surface area contributed by atoms with Gasteiger partial charge >= 0.3 is 5.97 Å². The van der Waals surface area contributed by atoms with Crippen molar-refractivity contribution < 1.29 is 68.7 Å². The molecule has 9 rings (SSSR count). The summed E-state index contributed by atoms with van der Waals surface area (Å²) in [6.07, 6.45) is 3.01. The maximum Gasteiger partial charge on any atom is 0.343 e. The number of esters is 1. The molecule has 18 heteroatoms. The number of ketones is 1. The molecule has 3 aliphatic carbocycles. The van der Waals surface area contributed by atoms with E-state index < -0.39 is 95.4 Å². The van der Waals surface area contributed by atoms with E-state index in [9.17, 15) is 45.5 Å². The number of ether oxygens (including phenoxy) is 5. The van der Waals surface area contributed by atoms with E-state index in [1.807, 2.05) is 66.7 Å². The third-order valence-electron chi connectivity index (χ3n) is 15.4. The molecule has 4 heterocycles. The average molecular weight is 1020 g/mol. The van der Waals surface area contributed by atoms with Crippen LogP contribution in [0.4, 0.5) is 0 Å². The van der Waals surface area contributed by atoms with Gasteiger partial charge in [-0.05, 0) is 110 Å². The minimum Gasteiger partial charge on any atom is -0.482 e. The Labute approximate surface area is 430 Å². The first-order chi connectivity index (χ1) is 35.1. The zero-order valence-electron chi connectivity index (χ0n) is 43.0. The maximum absolute atomic E-state index is 15.3. The van der Waals surface area contributed by atoms with Crippen LogP contribution in [-0.4, -0.2) is 121 Å². The highest BCUT2D eigenvalue weighted by molar-refractivity contribution is 6.05. The molecular weight excluding hydrogens is 953 g/mol. The predicted octanol–water partition coefficient (Wildman–Crippen LogP) is 4.52. The monoisotopic (exact) mass is 1020 g/mol. The van der Waals surface area contributed by atoms with E-state index in [2.05, 4.69) is 17.5 Å². The summed E-state index contributed by atoms with van der Waals surface area (Å²) >= 11 is 0. The van der Waals surface area contributed by atoms with Crippen molar-refractivity contribution in [2.24, 2.45) is 40.3 Å². The smallest absolute Gasteiger partial charge is 0.343 e. The number of amidine groups is 1. The Kier molecular flexibility index (Phi) is 15.3. The number of nitrogens with one attached hydrogen (secondary N) is 1. The van der Waals surface area contributed by atoms with Crippen molar-refractivity contribution in [3.8, 4) is 29.1 Å². The fourth-order valence-electron chi connectivity index (χ4n) is 11.5. The number of hydrogen-bond acceptors (Lipinski definition) is 17. The van der Waals surface area contributed by atoms with Gasteiger partial charge in [0.2, 0.25) is 12.2 Å². The molecule has 4 fully saturated rings. The van der Waals surface area contributed by atoms with Gasteiger partial charge in [-0.1, -0.05) is 43.2 Å². The molecule has 12 atom stereocenters. The van der Waals surface area contributed by atoms with Crippen LogP contribution in [0.15, 0.2) is 75.9 Å². The van der Waals surface area contributed by atoms with E-state index in [4.69, 9.17) is 34.4 Å². The van der Waals surface area contributed by atoms with Gasteiger partial charge in [-0.25, -0.2) is 9.79 Å². The number of nitriles is 1. The van der Waals surface area contributed by atoms with Crippen molar-refractivity contribution in [2.45, 2.75) is 135 Å². The quantitative estimate of drug-likeness (QED) is 0.0496. The Morgan fingerprint density at radius 1 is 1.00 bits per heavy atom. The molecule has 74 heavy (non-hydrogen) atoms. The second kappa shape index (κ2) is 20.9. The summed E-state index contributed by atoms with van der Waals surface area (Å²) in [7, 11) is 0. The first-order valence-electron chi connectivity index (χ1n) is 25.2. The van der Waals surface area contributed by atoms with Gasteiger partial charge in [0.1, 0.15) is 59.0 Å². The Bertz CT molecular complexity index is 2810. The van der Waals surface area contributed by atoms with Gasteiger partial charge in [-0.3, -0.25) is 9.59 Å². The lowest BCUT2D eigenvalue weighted by molar-refractivity contribution is -0.277. The lowest BCUT2D eigenvalue weighted by Crippen LogP contribution is -2.79. The third kappa shape index (κ3) is 9.26. The highest BCUT2D eigenvalue weighted by atomic mass is 16.7. The van der Waals surface area contributed by atoms with E-state index in [1.54, 1.807) is 6.92 Å². The summed E-state index contributed by atoms with van der Waals surface area (Å²) in [5.41, 5.74) is 5.60. The highest BCUT2D eigenvalue weighted by Crippen LogP contribution is 2.69. The number of aliphatic hydroxyl groups excluding tert-OH is 5. The molecule has 3 saturated carbocycles. The molecule has 2 aromatic rings. The molecule has 1 saturated heterocycles. The van der Waals surface area contributed by atoms with Crippen LogP contribution in [0.25, 0.3) is 11.8 Å². The first kappa shape index (κ1) is 54.1. The van der Waals surface area contributed by atoms with Crippen LogP contribution in [0.2, 0.25) is 0 Å². The number of carbonyl (C=O) groups is 3. The number of aliphatic hydroxyl groups is 6. The standard InChI is InChI=1S/C56H68N4O14/c1-27(2)10-9-19-54(8)20-18-34-46(73-54)33(16-11-28(3)4)48-40(47(34)72-52(68)31-12-14-32(15-13-31)70-53-45(65)44(64)43(63)38(26-62)71-53)42-41-39(36(25-57)50(58)60-42)35-24-37(29(5)6)56(41,74-48)55(69,49(35)66)21-17-30(7)51(67)59-22-23-61/h10-15,17-18,20,29,35-39,43-45,53,61-65,69H,9,16,19,21-24,26H2,1-8H3,(H2,58,60)(H,59,67)/t35?,36?,37?,38-,39?,43-,44+,45-,53-,54?,55?,56?/m0/s1. The van der Waals surface area contributed by atoms with E-state index in [1.165, 1.54) is 30.3 Å². The van der Waals surface area contributed by atoms with Crippen molar-refractivity contribution in [2.75, 3.05) is 19.8 Å². The number of carbonyl (C=O) groups excluding carboxylic acids is 3. The predicted molar refractivity (Wildman–Crippen MR) is 271 cm³/mol. The number of nitrogens with two attached hydrogens (primary N) is 1. The molecule has 2 aromatic carbocycles. The van der Waals surface area contributed by atoms with Gasteiger partial charge in [-0.15, -0.1) is 0 Å². The normalized spacial score (nSPS) is 31.4. The molecule has 18 nitrogen and oxygen atoms in total. The molecule has 0 radical (unpaired) electrons. The summed E-state index contributed by atoms with van der Waals surface area (Å²) < 4.78 is 32.6. The minimum absolute atomic E-state index is 0.0103. The molecule has 1 spiro atoms. The summed E-state index contributed by atoms with van der Waals surface area (Å²) in [6, 6.07) is 7.95. The van der Waals surface area contributed by atoms with Gasteiger partial charge in [0.25, 0.3) is 0 Å². The molecule has 396 valence electrons. The Morgan fingerprint density at radius 3 is 2.34 bits per heavy atom. The average Bonchev–Trinajstić information content (AvgIpc) is 3.37. The van der Waals surface area contributed by atoms with Gasteiger partial charge < -0.3 is 65.4 Å². The summed E-state index contributed by atoms with van der Waals surface area (Å²) in [5.74, 6) is -5.24. The largest absolute Gasteiger partial charge is 0.482 e. The number of aliphatic imine (C=N–C) groups is 1. The molecule has 7 aliphatic rings. The SMILES string of the molecule is CC(C)=CCCC1(C)C=Cc2c(c(CC=C(C)C)c3c(c2OC(=O)c2ccc(O[C@H]4O[C@@H](CO)[C@H](O)[C@@H](O)[C@@H]4O)cc2)C2=C4C(C(C#N)C(N)=N2)C2CC(C(C)C)C4(O3)C(O)(CC=C(C)C(=O)NCCO)C2=O)O1. The molecule has 0 aromatic heterocycles. The number of nitrogens with zero attached hydrogens (tertiary/aromatic N) is 2. The van der Waals surface area contributed by atoms with Crippen molar-refractivity contribution in [1.29, 1.82) is 5.26 Å². The second-order valence-electron chi connectivity index (χ2n) is 21.3. The molecule has 7 unspecified atom stereocenters. The molecular formula is C56H68N4O14. The van der Waals surface area contributed by atoms with Crippen molar-refractivity contribution in [1.82, 2.24) is 5.32 Å². The fraction of sp³-hybridized carbons (Fsp3) is 0.518. The van der Waals surface area contributed by atoms with Crippen molar-refractivity contribution in [3.05, 3.63) is 93.1 Å². The lowest BCUT2D eigenvalue weighted by atomic mass is 9.43. The lowest BCUT2D eigenvalue weighted by Gasteiger charge is -2.66. The highest BCUT2D eigenvalue weighted by Gasteiger charge is 2.77. The van der Waals surface area contributed by atoms with Gasteiger partial charge in [-0.2, -0.15) is 5.26 Å². The number of fused-ring (bicyclic) bond motifs is 5. The van der Waals surface area contributed by atoms with E-state index >= 15 is 4.79 Å². The van der Waals surface area contributed by atoms with Crippen LogP contribution in [0.3, 0.4) is 0 Å². The van der Waals surface area contributed by atoms with E-state index in [0.29, 0.717) is 35.3 Å². The van der Waals surface area contributed by atoms with Crippen molar-refractivity contribution >= 4 is 35.3 Å². The van der Waals surface area contributed by atoms with Crippen LogP contribution in [0.5, 0.6) is 23.0 Å². The summed E-state index contributed by atoms with van der Waals surface area (Å²) in [6.45, 7) is 14.4. The number of rotatable bonds is 16. The third-order valence-corrected chi connectivity index (χ3v) is 15.4. The number of allylic oxidation sites excluding steroid dienone is 4. The second-order valence-corrected chi connectivity index (χ2v) is 21.3. The first-order valence-corrected chi connectivity index (χ1v) is 25.2. The van der Waals surface area contributed by atoms with Gasteiger partial charge in [0.15, 0.2) is 22.7 Å². The Hall–Kier alpha value is -6.17. The fourth-order valence-corrected chi connectivity index (χ4v) is 11.5. The number of hydrogen-bond donors (Lipinski definition) is 8. The Balaban J connectivity index is 1.35. The zero-order valence-corrected chi connectivity index (χ0v) is 43.0.